The number of benzene rings is 1. The van der Waals surface area contributed by atoms with Crippen LogP contribution < -0.4 is 0 Å². The molecule has 1 atom stereocenters. The van der Waals surface area contributed by atoms with Crippen LogP contribution in [0.5, 0.6) is 0 Å². The summed E-state index contributed by atoms with van der Waals surface area (Å²) in [6, 6.07) is 11.8. The number of pyridine rings is 1. The topological polar surface area (TPSA) is 39.2 Å². The summed E-state index contributed by atoms with van der Waals surface area (Å²) >= 11 is 0. The van der Waals surface area contributed by atoms with Crippen molar-refractivity contribution < 1.29 is 9.53 Å². The number of nitrogens with zero attached hydrogens (tertiary/aromatic N) is 1. The summed E-state index contributed by atoms with van der Waals surface area (Å²) in [5, 5.41) is 1.09. The van der Waals surface area contributed by atoms with Gasteiger partial charge in [-0.3, -0.25) is 9.78 Å². The van der Waals surface area contributed by atoms with Gasteiger partial charge in [0, 0.05) is 18.2 Å². The van der Waals surface area contributed by atoms with Crippen LogP contribution in [0.2, 0.25) is 0 Å². The van der Waals surface area contributed by atoms with Crippen molar-refractivity contribution in [3.8, 4) is 0 Å². The lowest BCUT2D eigenvalue weighted by Gasteiger charge is -2.24. The Hall–Kier alpha value is -1.74. The number of aromatic nitrogens is 1. The lowest BCUT2D eigenvalue weighted by atomic mass is 9.94. The first kappa shape index (κ1) is 13.7. The Labute approximate surface area is 113 Å². The van der Waals surface area contributed by atoms with E-state index in [1.807, 2.05) is 50.2 Å². The molecule has 1 aromatic heterocycles. The lowest BCUT2D eigenvalue weighted by Crippen LogP contribution is -2.38. The fraction of sp³-hybridized carbons (Fsp3) is 0.375. The third-order valence-corrected chi connectivity index (χ3v) is 3.71. The van der Waals surface area contributed by atoms with Crippen LogP contribution in [0.3, 0.4) is 0 Å². The largest absolute Gasteiger partial charge is 0.371 e. The van der Waals surface area contributed by atoms with E-state index >= 15 is 0 Å². The minimum Gasteiger partial charge on any atom is -0.371 e. The quantitative estimate of drug-likeness (QED) is 0.826. The van der Waals surface area contributed by atoms with Crippen molar-refractivity contribution in [3.05, 3.63) is 42.1 Å². The fourth-order valence-electron chi connectivity index (χ4n) is 2.01. The Bertz CT molecular complexity index is 588. The Morgan fingerprint density at radius 1 is 1.26 bits per heavy atom. The molecule has 0 aliphatic rings. The summed E-state index contributed by atoms with van der Waals surface area (Å²) in [4.78, 5) is 16.8. The van der Waals surface area contributed by atoms with E-state index in [1.54, 1.807) is 7.11 Å². The van der Waals surface area contributed by atoms with Gasteiger partial charge in [-0.2, -0.15) is 0 Å². The summed E-state index contributed by atoms with van der Waals surface area (Å²) in [6.07, 6.45) is 0.971. The second kappa shape index (κ2) is 5.49. The number of ketones is 1. The van der Waals surface area contributed by atoms with Crippen LogP contribution in [0.15, 0.2) is 36.4 Å². The molecule has 0 bridgehead atoms. The van der Waals surface area contributed by atoms with Crippen LogP contribution in [0.4, 0.5) is 0 Å². The smallest absolute Gasteiger partial charge is 0.170 e. The summed E-state index contributed by atoms with van der Waals surface area (Å²) in [5.41, 5.74) is 0.997. The molecule has 100 valence electrons. The molecule has 0 saturated carbocycles. The molecule has 0 spiro atoms. The molecule has 2 aromatic rings. The minimum absolute atomic E-state index is 0.0697. The molecule has 1 unspecified atom stereocenters. The number of carbonyl (C=O) groups excluding carboxylic acids is 1. The van der Waals surface area contributed by atoms with E-state index in [9.17, 15) is 4.79 Å². The molecule has 3 nitrogen and oxygen atoms in total. The SMILES string of the molecule is CCC(C)(OC)C(=O)Cc1ccc2ccccc2n1. The Morgan fingerprint density at radius 2 is 2.00 bits per heavy atom. The Morgan fingerprint density at radius 3 is 2.68 bits per heavy atom. The lowest BCUT2D eigenvalue weighted by molar-refractivity contribution is -0.138. The molecule has 2 rings (SSSR count). The highest BCUT2D eigenvalue weighted by Crippen LogP contribution is 2.19. The van der Waals surface area contributed by atoms with Crippen LogP contribution in [-0.4, -0.2) is 23.5 Å². The molecule has 1 aromatic carbocycles. The van der Waals surface area contributed by atoms with Crippen molar-refractivity contribution in [2.24, 2.45) is 0 Å². The van der Waals surface area contributed by atoms with Crippen molar-refractivity contribution in [1.29, 1.82) is 0 Å². The maximum absolute atomic E-state index is 12.3. The molecule has 3 heteroatoms. The van der Waals surface area contributed by atoms with Crippen LogP contribution >= 0.6 is 0 Å². The summed E-state index contributed by atoms with van der Waals surface area (Å²) in [5.74, 6) is 0.0697. The highest BCUT2D eigenvalue weighted by molar-refractivity contribution is 5.89. The van der Waals surface area contributed by atoms with Gasteiger partial charge in [0.2, 0.25) is 0 Å². The minimum atomic E-state index is -0.715. The number of Topliss-reactive ketones (excluding diaryl/α,β-unsaturated/α-hetero) is 1. The molecule has 0 N–H and O–H groups in total. The maximum Gasteiger partial charge on any atom is 0.170 e. The average molecular weight is 257 g/mol. The monoisotopic (exact) mass is 257 g/mol. The van der Waals surface area contributed by atoms with Crippen LogP contribution in [0.25, 0.3) is 10.9 Å². The molecule has 0 fully saturated rings. The van der Waals surface area contributed by atoms with Crippen molar-refractivity contribution in [2.75, 3.05) is 7.11 Å². The molecule has 19 heavy (non-hydrogen) atoms. The van der Waals surface area contributed by atoms with Gasteiger partial charge in [0.05, 0.1) is 11.9 Å². The zero-order valence-electron chi connectivity index (χ0n) is 11.6. The molecule has 0 radical (unpaired) electrons. The van der Waals surface area contributed by atoms with Crippen LogP contribution in [-0.2, 0) is 16.0 Å². The number of rotatable bonds is 5. The number of fused-ring (bicyclic) bond motifs is 1. The van der Waals surface area contributed by atoms with Gasteiger partial charge in [-0.05, 0) is 25.5 Å². The van der Waals surface area contributed by atoms with Crippen LogP contribution in [0, 0.1) is 0 Å². The van der Waals surface area contributed by atoms with Gasteiger partial charge < -0.3 is 4.74 Å². The number of carbonyl (C=O) groups is 1. The van der Waals surface area contributed by atoms with Gasteiger partial charge in [0.1, 0.15) is 5.60 Å². The predicted molar refractivity (Wildman–Crippen MR) is 76.2 cm³/mol. The predicted octanol–water partition coefficient (Wildman–Crippen LogP) is 3.16. The molecular formula is C16H19NO2. The molecule has 1 heterocycles. The van der Waals surface area contributed by atoms with Crippen molar-refractivity contribution >= 4 is 16.7 Å². The molecule has 0 aliphatic carbocycles. The van der Waals surface area contributed by atoms with Gasteiger partial charge >= 0.3 is 0 Å². The number of ether oxygens (including phenoxy) is 1. The van der Waals surface area contributed by atoms with Gasteiger partial charge in [0.15, 0.2) is 5.78 Å². The third kappa shape index (κ3) is 2.82. The highest BCUT2D eigenvalue weighted by Gasteiger charge is 2.30. The van der Waals surface area contributed by atoms with Gasteiger partial charge in [-0.1, -0.05) is 31.2 Å². The van der Waals surface area contributed by atoms with E-state index in [4.69, 9.17) is 4.74 Å². The Kier molecular flexibility index (Phi) is 3.96. The van der Waals surface area contributed by atoms with E-state index < -0.39 is 5.60 Å². The average Bonchev–Trinajstić information content (AvgIpc) is 2.46. The molecule has 0 aliphatic heterocycles. The number of hydrogen-bond acceptors (Lipinski definition) is 3. The number of para-hydroxylation sites is 1. The second-order valence-corrected chi connectivity index (χ2v) is 4.88. The maximum atomic E-state index is 12.3. The summed E-state index contributed by atoms with van der Waals surface area (Å²) in [6.45, 7) is 3.78. The van der Waals surface area contributed by atoms with E-state index in [0.29, 0.717) is 12.8 Å². The van der Waals surface area contributed by atoms with Crippen LogP contribution in [0.1, 0.15) is 26.0 Å². The number of methoxy groups -OCH3 is 1. The van der Waals surface area contributed by atoms with E-state index in [1.165, 1.54) is 0 Å². The van der Waals surface area contributed by atoms with Gasteiger partial charge in [-0.15, -0.1) is 0 Å². The fourth-order valence-corrected chi connectivity index (χ4v) is 2.01. The third-order valence-electron chi connectivity index (χ3n) is 3.71. The molecular weight excluding hydrogens is 238 g/mol. The van der Waals surface area contributed by atoms with Gasteiger partial charge in [-0.25, -0.2) is 0 Å². The second-order valence-electron chi connectivity index (χ2n) is 4.88. The van der Waals surface area contributed by atoms with E-state index in [-0.39, 0.29) is 5.78 Å². The van der Waals surface area contributed by atoms with Gasteiger partial charge in [0.25, 0.3) is 0 Å². The van der Waals surface area contributed by atoms with E-state index in [2.05, 4.69) is 4.98 Å². The zero-order valence-corrected chi connectivity index (χ0v) is 11.6. The first-order valence-electron chi connectivity index (χ1n) is 6.52. The standard InChI is InChI=1S/C16H19NO2/c1-4-16(2,19-3)15(18)11-13-10-9-12-7-5-6-8-14(12)17-13/h5-10H,4,11H2,1-3H3. The van der Waals surface area contributed by atoms with Crippen molar-refractivity contribution in [3.63, 3.8) is 0 Å². The highest BCUT2D eigenvalue weighted by atomic mass is 16.5. The van der Waals surface area contributed by atoms with Crippen molar-refractivity contribution in [2.45, 2.75) is 32.3 Å². The first-order valence-corrected chi connectivity index (χ1v) is 6.52. The Balaban J connectivity index is 2.24. The summed E-state index contributed by atoms with van der Waals surface area (Å²) < 4.78 is 5.33. The normalized spacial score (nSPS) is 14.3. The van der Waals surface area contributed by atoms with Crippen molar-refractivity contribution in [1.82, 2.24) is 4.98 Å². The zero-order chi connectivity index (χ0) is 13.9. The number of hydrogen-bond donors (Lipinski definition) is 0. The first-order chi connectivity index (χ1) is 9.09. The summed E-state index contributed by atoms with van der Waals surface area (Å²) in [7, 11) is 1.58. The molecule has 0 saturated heterocycles. The van der Waals surface area contributed by atoms with E-state index in [0.717, 1.165) is 16.6 Å². The molecule has 0 amide bonds.